The van der Waals surface area contributed by atoms with Crippen LogP contribution < -0.4 is 5.73 Å². The molecule has 14 heavy (non-hydrogen) atoms. The molecule has 1 aromatic carbocycles. The first-order chi connectivity index (χ1) is 6.65. The van der Waals surface area contributed by atoms with Crippen molar-refractivity contribution >= 4 is 27.2 Å². The minimum Gasteiger partial charge on any atom is -0.399 e. The molecule has 0 spiro atoms. The molecule has 2 nitrogen and oxygen atoms in total. The second-order valence-corrected chi connectivity index (χ2v) is 4.83. The van der Waals surface area contributed by atoms with Gasteiger partial charge < -0.3 is 5.73 Å². The van der Waals surface area contributed by atoms with E-state index in [-0.39, 0.29) is 0 Å². The maximum Gasteiger partial charge on any atom is 0.0944 e. The van der Waals surface area contributed by atoms with Gasteiger partial charge >= 0.3 is 0 Å². The van der Waals surface area contributed by atoms with Crippen molar-refractivity contribution in [2.75, 3.05) is 5.73 Å². The van der Waals surface area contributed by atoms with Gasteiger partial charge in [0.25, 0.3) is 0 Å². The average molecular weight is 205 g/mol. The van der Waals surface area contributed by atoms with E-state index in [9.17, 15) is 0 Å². The average Bonchev–Trinajstić information content (AvgIpc) is 2.44. The highest BCUT2D eigenvalue weighted by Crippen LogP contribution is 2.25. The van der Waals surface area contributed by atoms with Crippen molar-refractivity contribution in [2.24, 2.45) is 0 Å². The Morgan fingerprint density at radius 3 is 2.93 bits per heavy atom. The first kappa shape index (κ1) is 9.46. The molecule has 2 rings (SSSR count). The molecule has 0 aliphatic rings. The molecule has 0 saturated carbocycles. The van der Waals surface area contributed by atoms with Gasteiger partial charge in [-0.15, -0.1) is 11.3 Å². The van der Waals surface area contributed by atoms with Gasteiger partial charge in [-0.05, 0) is 24.1 Å². The van der Waals surface area contributed by atoms with Gasteiger partial charge in [0.1, 0.15) is 0 Å². The van der Waals surface area contributed by atoms with Crippen LogP contribution in [0.3, 0.4) is 0 Å². The number of anilines is 1. The third kappa shape index (κ3) is 1.87. The Morgan fingerprint density at radius 2 is 2.21 bits per heavy atom. The highest BCUT2D eigenvalue weighted by atomic mass is 32.1. The van der Waals surface area contributed by atoms with E-state index in [2.05, 4.69) is 18.8 Å². The van der Waals surface area contributed by atoms with E-state index in [1.165, 1.54) is 15.6 Å². The van der Waals surface area contributed by atoms with Crippen molar-refractivity contribution < 1.29 is 0 Å². The summed E-state index contributed by atoms with van der Waals surface area (Å²) in [7, 11) is 0. The lowest BCUT2D eigenvalue weighted by atomic mass is 10.1. The molecule has 2 N–H and O–H groups in total. The zero-order chi connectivity index (χ0) is 10.1. The summed E-state index contributed by atoms with van der Waals surface area (Å²) in [6.45, 7) is 4.25. The van der Waals surface area contributed by atoms with E-state index in [1.807, 2.05) is 18.2 Å². The molecule has 0 saturated heterocycles. The first-order valence-corrected chi connectivity index (χ1v) is 5.41. The summed E-state index contributed by atoms with van der Waals surface area (Å²) in [5, 5.41) is 1.17. The first-order valence-electron chi connectivity index (χ1n) is 4.59. The smallest absolute Gasteiger partial charge is 0.0944 e. The summed E-state index contributed by atoms with van der Waals surface area (Å²) >= 11 is 1.73. The Bertz CT molecular complexity index is 445. The van der Waals surface area contributed by atoms with E-state index >= 15 is 0 Å². The van der Waals surface area contributed by atoms with Crippen LogP contribution >= 0.6 is 11.3 Å². The van der Waals surface area contributed by atoms with Gasteiger partial charge in [-0.1, -0.05) is 13.8 Å². The fourth-order valence-electron chi connectivity index (χ4n) is 1.37. The molecule has 73 valence electrons. The molecule has 0 atom stereocenters. The number of rotatable bonds is 2. The molecular formula is C11H13N2S. The summed E-state index contributed by atoms with van der Waals surface area (Å²) in [5.74, 6) is 1.39. The highest BCUT2D eigenvalue weighted by Gasteiger charge is 2.05. The monoisotopic (exact) mass is 205 g/mol. The van der Waals surface area contributed by atoms with Crippen molar-refractivity contribution in [3.63, 3.8) is 0 Å². The fourth-order valence-corrected chi connectivity index (χ4v) is 2.54. The molecule has 2 aromatic rings. The predicted octanol–water partition coefficient (Wildman–Crippen LogP) is 3.04. The number of hydrogen-bond acceptors (Lipinski definition) is 3. The number of fused-ring (bicyclic) bond motifs is 1. The third-order valence-electron chi connectivity index (χ3n) is 1.96. The molecule has 1 aromatic heterocycles. The van der Waals surface area contributed by atoms with Crippen LogP contribution in [0.15, 0.2) is 18.2 Å². The zero-order valence-electron chi connectivity index (χ0n) is 8.37. The van der Waals surface area contributed by atoms with Gasteiger partial charge in [-0.25, -0.2) is 4.98 Å². The van der Waals surface area contributed by atoms with Crippen molar-refractivity contribution in [1.82, 2.24) is 4.98 Å². The van der Waals surface area contributed by atoms with Crippen LogP contribution in [0.25, 0.3) is 10.2 Å². The number of nitrogens with two attached hydrogens (primary N) is 1. The normalized spacial score (nSPS) is 11.4. The maximum atomic E-state index is 5.71. The number of aromatic nitrogens is 1. The van der Waals surface area contributed by atoms with Gasteiger partial charge in [-0.2, -0.15) is 0 Å². The summed E-state index contributed by atoms with van der Waals surface area (Å²) < 4.78 is 1.18. The fraction of sp³-hybridized carbons (Fsp3) is 0.273. The van der Waals surface area contributed by atoms with E-state index < -0.39 is 0 Å². The second kappa shape index (κ2) is 3.58. The minimum absolute atomic E-state index is 0.810. The SMILES string of the molecule is C[C](C)Cc1nc2ccc(N)cc2s1. The summed E-state index contributed by atoms with van der Waals surface area (Å²) in [6.07, 6.45) is 0.971. The number of nitrogens with zero attached hydrogens (tertiary/aromatic N) is 1. The molecule has 0 aliphatic carbocycles. The molecule has 0 aliphatic heterocycles. The molecule has 0 fully saturated rings. The van der Waals surface area contributed by atoms with Gasteiger partial charge in [0, 0.05) is 12.1 Å². The van der Waals surface area contributed by atoms with Crippen molar-refractivity contribution in [1.29, 1.82) is 0 Å². The number of benzene rings is 1. The van der Waals surface area contributed by atoms with Gasteiger partial charge in [-0.3, -0.25) is 0 Å². The maximum absolute atomic E-state index is 5.71. The Morgan fingerprint density at radius 1 is 1.43 bits per heavy atom. The van der Waals surface area contributed by atoms with Crippen molar-refractivity contribution in [3.05, 3.63) is 29.1 Å². The van der Waals surface area contributed by atoms with E-state index in [4.69, 9.17) is 5.73 Å². The topological polar surface area (TPSA) is 38.9 Å². The summed E-state index contributed by atoms with van der Waals surface area (Å²) in [6, 6.07) is 5.87. The Balaban J connectivity index is 2.41. The van der Waals surface area contributed by atoms with E-state index in [0.29, 0.717) is 0 Å². The Hall–Kier alpha value is -1.09. The molecule has 0 unspecified atom stereocenters. The molecule has 1 radical (unpaired) electrons. The van der Waals surface area contributed by atoms with Crippen LogP contribution in [0.5, 0.6) is 0 Å². The van der Waals surface area contributed by atoms with Crippen molar-refractivity contribution in [3.8, 4) is 0 Å². The van der Waals surface area contributed by atoms with Crippen LogP contribution in [-0.4, -0.2) is 4.98 Å². The standard InChI is InChI=1S/C11H13N2S/c1-7(2)5-11-13-9-4-3-8(12)6-10(9)14-11/h3-4,6H,5,12H2,1-2H3. The van der Waals surface area contributed by atoms with Crippen LogP contribution in [0.4, 0.5) is 5.69 Å². The quantitative estimate of drug-likeness (QED) is 0.765. The number of thiazole rings is 1. The van der Waals surface area contributed by atoms with Gasteiger partial charge in [0.05, 0.1) is 15.2 Å². The third-order valence-corrected chi connectivity index (χ3v) is 2.98. The largest absolute Gasteiger partial charge is 0.399 e. The zero-order valence-corrected chi connectivity index (χ0v) is 9.19. The molecular weight excluding hydrogens is 192 g/mol. The lowest BCUT2D eigenvalue weighted by Gasteiger charge is -1.96. The summed E-state index contributed by atoms with van der Waals surface area (Å²) in [5.41, 5.74) is 7.57. The van der Waals surface area contributed by atoms with Crippen LogP contribution in [0.1, 0.15) is 18.9 Å². The van der Waals surface area contributed by atoms with Gasteiger partial charge in [0.15, 0.2) is 0 Å². The van der Waals surface area contributed by atoms with E-state index in [0.717, 1.165) is 17.6 Å². The Labute approximate surface area is 87.8 Å². The van der Waals surface area contributed by atoms with Crippen LogP contribution in [0, 0.1) is 5.92 Å². The lowest BCUT2D eigenvalue weighted by Crippen LogP contribution is -1.89. The highest BCUT2D eigenvalue weighted by molar-refractivity contribution is 7.18. The van der Waals surface area contributed by atoms with Crippen molar-refractivity contribution in [2.45, 2.75) is 20.3 Å². The number of nitrogen functional groups attached to an aromatic ring is 1. The Kier molecular flexibility index (Phi) is 2.42. The minimum atomic E-state index is 0.810. The molecule has 0 amide bonds. The molecule has 1 heterocycles. The lowest BCUT2D eigenvalue weighted by molar-refractivity contribution is 0.947. The second-order valence-electron chi connectivity index (χ2n) is 3.72. The summed E-state index contributed by atoms with van der Waals surface area (Å²) in [4.78, 5) is 4.54. The van der Waals surface area contributed by atoms with Crippen LogP contribution in [-0.2, 0) is 6.42 Å². The van der Waals surface area contributed by atoms with Gasteiger partial charge in [0.2, 0.25) is 0 Å². The predicted molar refractivity (Wildman–Crippen MR) is 62.3 cm³/mol. The van der Waals surface area contributed by atoms with Crippen LogP contribution in [0.2, 0.25) is 0 Å². The molecule has 0 bridgehead atoms. The van der Waals surface area contributed by atoms with E-state index in [1.54, 1.807) is 11.3 Å². The molecule has 3 heteroatoms. The number of hydrogen-bond donors (Lipinski definition) is 1.